The molecule has 15 heavy (non-hydrogen) atoms. The predicted octanol–water partition coefficient (Wildman–Crippen LogP) is -1.26. The summed E-state index contributed by atoms with van der Waals surface area (Å²) in [6.45, 7) is -0.285. The third-order valence-corrected chi connectivity index (χ3v) is 2.55. The molecule has 0 aromatic rings. The van der Waals surface area contributed by atoms with Crippen molar-refractivity contribution in [2.45, 2.75) is 24.1 Å². The first-order valence-corrected chi connectivity index (χ1v) is 4.68. The van der Waals surface area contributed by atoms with Crippen molar-refractivity contribution in [3.63, 3.8) is 0 Å². The van der Waals surface area contributed by atoms with Crippen molar-refractivity contribution in [2.75, 3.05) is 34.5 Å². The van der Waals surface area contributed by atoms with Gasteiger partial charge in [-0.05, 0) is 0 Å². The standard InChI is InChI=1S/C9H18O6/c1-12-4-6-7(13-2)8(14-3)9(11,5-10)15-6/h6-8,10-11H,4-5H2,1-3H3/t6-,7-,8+,9-/m1/s1. The van der Waals surface area contributed by atoms with Crippen LogP contribution >= 0.6 is 0 Å². The lowest BCUT2D eigenvalue weighted by molar-refractivity contribution is -0.253. The zero-order valence-corrected chi connectivity index (χ0v) is 9.17. The van der Waals surface area contributed by atoms with Crippen molar-refractivity contribution in [1.29, 1.82) is 0 Å². The summed E-state index contributed by atoms with van der Waals surface area (Å²) in [6.07, 6.45) is -1.65. The van der Waals surface area contributed by atoms with Gasteiger partial charge >= 0.3 is 0 Å². The summed E-state index contributed by atoms with van der Waals surface area (Å²) in [5.41, 5.74) is 0. The maximum absolute atomic E-state index is 9.93. The largest absolute Gasteiger partial charge is 0.391 e. The minimum atomic E-state index is -1.72. The molecule has 0 aromatic carbocycles. The molecule has 4 atom stereocenters. The normalized spacial score (nSPS) is 41.0. The van der Waals surface area contributed by atoms with Crippen LogP contribution in [0, 0.1) is 0 Å². The van der Waals surface area contributed by atoms with Crippen LogP contribution in [-0.2, 0) is 18.9 Å². The molecular formula is C9H18O6. The summed E-state index contributed by atoms with van der Waals surface area (Å²) in [7, 11) is 4.44. The van der Waals surface area contributed by atoms with Gasteiger partial charge in [0.1, 0.15) is 18.3 Å². The Morgan fingerprint density at radius 3 is 2.33 bits per heavy atom. The molecule has 0 aromatic heterocycles. The molecule has 90 valence electrons. The third-order valence-electron chi connectivity index (χ3n) is 2.55. The van der Waals surface area contributed by atoms with E-state index in [0.717, 1.165) is 0 Å². The van der Waals surface area contributed by atoms with Gasteiger partial charge in [-0.25, -0.2) is 0 Å². The molecule has 0 spiro atoms. The van der Waals surface area contributed by atoms with E-state index in [1.807, 2.05) is 0 Å². The van der Waals surface area contributed by atoms with Gasteiger partial charge in [0.2, 0.25) is 5.79 Å². The molecule has 0 saturated carbocycles. The monoisotopic (exact) mass is 222 g/mol. The summed E-state index contributed by atoms with van der Waals surface area (Å²) >= 11 is 0. The van der Waals surface area contributed by atoms with Gasteiger partial charge in [0.25, 0.3) is 0 Å². The molecular weight excluding hydrogens is 204 g/mol. The Morgan fingerprint density at radius 1 is 1.27 bits per heavy atom. The summed E-state index contributed by atoms with van der Waals surface area (Å²) in [5.74, 6) is -1.72. The number of hydrogen-bond donors (Lipinski definition) is 2. The molecule has 0 amide bonds. The zero-order valence-electron chi connectivity index (χ0n) is 9.17. The SMILES string of the molecule is COC[C@H]1O[C@](O)(CO)[C@@H](OC)[C@@H]1OC. The van der Waals surface area contributed by atoms with Gasteiger partial charge in [0.15, 0.2) is 0 Å². The van der Waals surface area contributed by atoms with Gasteiger partial charge in [-0.15, -0.1) is 0 Å². The van der Waals surface area contributed by atoms with E-state index in [1.54, 1.807) is 0 Å². The van der Waals surface area contributed by atoms with Crippen LogP contribution in [0.3, 0.4) is 0 Å². The second-order valence-corrected chi connectivity index (χ2v) is 3.47. The van der Waals surface area contributed by atoms with E-state index >= 15 is 0 Å². The quantitative estimate of drug-likeness (QED) is 0.605. The number of rotatable bonds is 5. The molecule has 6 heteroatoms. The summed E-state index contributed by atoms with van der Waals surface area (Å²) in [5, 5.41) is 19.0. The molecule has 1 heterocycles. The fourth-order valence-electron chi connectivity index (χ4n) is 1.86. The number of methoxy groups -OCH3 is 3. The van der Waals surface area contributed by atoms with Crippen molar-refractivity contribution in [2.24, 2.45) is 0 Å². The van der Waals surface area contributed by atoms with E-state index in [4.69, 9.17) is 24.1 Å². The highest BCUT2D eigenvalue weighted by Crippen LogP contribution is 2.32. The van der Waals surface area contributed by atoms with Crippen LogP contribution in [0.5, 0.6) is 0 Å². The van der Waals surface area contributed by atoms with Crippen molar-refractivity contribution >= 4 is 0 Å². The summed E-state index contributed by atoms with van der Waals surface area (Å²) < 4.78 is 20.5. The van der Waals surface area contributed by atoms with Crippen molar-refractivity contribution in [3.8, 4) is 0 Å². The van der Waals surface area contributed by atoms with Crippen LogP contribution in [0.1, 0.15) is 0 Å². The van der Waals surface area contributed by atoms with Crippen LogP contribution in [0.25, 0.3) is 0 Å². The second kappa shape index (κ2) is 5.20. The zero-order chi connectivity index (χ0) is 11.5. The van der Waals surface area contributed by atoms with E-state index in [9.17, 15) is 5.11 Å². The minimum absolute atomic E-state index is 0.265. The Kier molecular flexibility index (Phi) is 4.45. The highest BCUT2D eigenvalue weighted by atomic mass is 16.7. The van der Waals surface area contributed by atoms with Crippen molar-refractivity contribution in [1.82, 2.24) is 0 Å². The highest BCUT2D eigenvalue weighted by Gasteiger charge is 2.55. The molecule has 1 aliphatic rings. The first kappa shape index (κ1) is 12.8. The van der Waals surface area contributed by atoms with Crippen LogP contribution < -0.4 is 0 Å². The average molecular weight is 222 g/mol. The van der Waals surface area contributed by atoms with Gasteiger partial charge in [-0.3, -0.25) is 0 Å². The van der Waals surface area contributed by atoms with Crippen LogP contribution in [-0.4, -0.2) is 68.9 Å². The van der Waals surface area contributed by atoms with Gasteiger partial charge in [-0.1, -0.05) is 0 Å². The van der Waals surface area contributed by atoms with E-state index < -0.39 is 30.7 Å². The maximum atomic E-state index is 9.93. The van der Waals surface area contributed by atoms with E-state index in [-0.39, 0.29) is 6.61 Å². The Bertz CT molecular complexity index is 199. The van der Waals surface area contributed by atoms with Crippen LogP contribution in [0.2, 0.25) is 0 Å². The molecule has 1 aliphatic heterocycles. The van der Waals surface area contributed by atoms with Crippen molar-refractivity contribution < 1.29 is 29.2 Å². The average Bonchev–Trinajstić information content (AvgIpc) is 2.51. The predicted molar refractivity (Wildman–Crippen MR) is 50.4 cm³/mol. The second-order valence-electron chi connectivity index (χ2n) is 3.47. The third kappa shape index (κ3) is 2.30. The minimum Gasteiger partial charge on any atom is -0.391 e. The van der Waals surface area contributed by atoms with E-state index in [2.05, 4.69) is 0 Å². The van der Waals surface area contributed by atoms with Gasteiger partial charge in [0.05, 0.1) is 13.2 Å². The Hall–Kier alpha value is -0.240. The molecule has 2 N–H and O–H groups in total. The lowest BCUT2D eigenvalue weighted by atomic mass is 10.1. The molecule has 1 saturated heterocycles. The smallest absolute Gasteiger partial charge is 0.219 e. The van der Waals surface area contributed by atoms with E-state index in [0.29, 0.717) is 0 Å². The number of aliphatic hydroxyl groups excluding tert-OH is 1. The topological polar surface area (TPSA) is 77.4 Å². The van der Waals surface area contributed by atoms with Gasteiger partial charge < -0.3 is 29.2 Å². The molecule has 1 rings (SSSR count). The molecule has 6 nitrogen and oxygen atoms in total. The molecule has 0 radical (unpaired) electrons. The van der Waals surface area contributed by atoms with Gasteiger partial charge in [0, 0.05) is 21.3 Å². The maximum Gasteiger partial charge on any atom is 0.219 e. The van der Waals surface area contributed by atoms with E-state index in [1.165, 1.54) is 21.3 Å². The first-order chi connectivity index (χ1) is 7.12. The van der Waals surface area contributed by atoms with Crippen LogP contribution in [0.15, 0.2) is 0 Å². The lowest BCUT2D eigenvalue weighted by Gasteiger charge is -2.26. The van der Waals surface area contributed by atoms with Crippen molar-refractivity contribution in [3.05, 3.63) is 0 Å². The number of hydrogen-bond acceptors (Lipinski definition) is 6. The summed E-state index contributed by atoms with van der Waals surface area (Å²) in [6, 6.07) is 0. The Labute approximate surface area is 88.7 Å². The highest BCUT2D eigenvalue weighted by molar-refractivity contribution is 4.97. The lowest BCUT2D eigenvalue weighted by Crippen LogP contribution is -2.47. The molecule has 1 fully saturated rings. The molecule has 0 unspecified atom stereocenters. The fraction of sp³-hybridized carbons (Fsp3) is 1.00. The molecule has 0 aliphatic carbocycles. The van der Waals surface area contributed by atoms with Crippen LogP contribution in [0.4, 0.5) is 0 Å². The first-order valence-electron chi connectivity index (χ1n) is 4.68. The number of ether oxygens (including phenoxy) is 4. The summed E-state index contributed by atoms with van der Waals surface area (Å²) in [4.78, 5) is 0. The number of aliphatic hydroxyl groups is 2. The molecule has 0 bridgehead atoms. The fourth-order valence-corrected chi connectivity index (χ4v) is 1.86. The Balaban J connectivity index is 2.80. The Morgan fingerprint density at radius 2 is 1.93 bits per heavy atom. The van der Waals surface area contributed by atoms with Gasteiger partial charge in [-0.2, -0.15) is 0 Å².